The Hall–Kier alpha value is -3.12. The predicted molar refractivity (Wildman–Crippen MR) is 112 cm³/mol. The molecule has 0 radical (unpaired) electrons. The third-order valence-electron chi connectivity index (χ3n) is 4.71. The lowest BCUT2D eigenvalue weighted by Crippen LogP contribution is -2.32. The van der Waals surface area contributed by atoms with Crippen molar-refractivity contribution in [3.05, 3.63) is 65.7 Å². The number of sulfonamides is 1. The predicted octanol–water partition coefficient (Wildman–Crippen LogP) is 4.15. The monoisotopic (exact) mass is 483 g/mol. The van der Waals surface area contributed by atoms with Crippen LogP contribution in [-0.2, 0) is 21.0 Å². The summed E-state index contributed by atoms with van der Waals surface area (Å²) in [6, 6.07) is 10.1. The molecule has 1 aromatic heterocycles. The highest BCUT2D eigenvalue weighted by atomic mass is 32.2. The highest BCUT2D eigenvalue weighted by Gasteiger charge is 2.35. The van der Waals surface area contributed by atoms with Gasteiger partial charge < -0.3 is 9.64 Å². The zero-order valence-electron chi connectivity index (χ0n) is 16.2. The van der Waals surface area contributed by atoms with Crippen LogP contribution in [0.5, 0.6) is 5.75 Å². The molecular formula is C20H16F3N3O4S2. The van der Waals surface area contributed by atoms with Crippen LogP contribution in [0.15, 0.2) is 65.0 Å². The number of aromatic nitrogens is 1. The van der Waals surface area contributed by atoms with E-state index in [1.165, 1.54) is 47.5 Å². The lowest BCUT2D eigenvalue weighted by atomic mass is 10.2. The van der Waals surface area contributed by atoms with Crippen molar-refractivity contribution in [1.29, 1.82) is 0 Å². The average Bonchev–Trinajstić information content (AvgIpc) is 3.37. The highest BCUT2D eigenvalue weighted by molar-refractivity contribution is 7.93. The summed E-state index contributed by atoms with van der Waals surface area (Å²) in [5, 5.41) is 1.87. The van der Waals surface area contributed by atoms with Gasteiger partial charge in [0.25, 0.3) is 15.9 Å². The number of anilines is 2. The van der Waals surface area contributed by atoms with Crippen molar-refractivity contribution in [3.63, 3.8) is 0 Å². The van der Waals surface area contributed by atoms with Gasteiger partial charge >= 0.3 is 6.18 Å². The maximum Gasteiger partial charge on any atom is 0.416 e. The molecule has 1 amide bonds. The Morgan fingerprint density at radius 3 is 2.56 bits per heavy atom. The van der Waals surface area contributed by atoms with E-state index in [4.69, 9.17) is 4.74 Å². The quantitative estimate of drug-likeness (QED) is 0.569. The maximum absolute atomic E-state index is 12.9. The van der Waals surface area contributed by atoms with Gasteiger partial charge in [0, 0.05) is 30.2 Å². The summed E-state index contributed by atoms with van der Waals surface area (Å²) < 4.78 is 71.4. The van der Waals surface area contributed by atoms with Crippen LogP contribution in [0.25, 0.3) is 0 Å². The number of alkyl halides is 3. The molecule has 1 atom stereocenters. The van der Waals surface area contributed by atoms with Crippen molar-refractivity contribution < 1.29 is 31.1 Å². The molecule has 1 N–H and O–H groups in total. The molecule has 12 heteroatoms. The Balaban J connectivity index is 1.45. The number of carbonyl (C=O) groups is 1. The number of nitrogens with one attached hydrogen (secondary N) is 1. The number of hydrogen-bond acceptors (Lipinski definition) is 6. The first-order valence-electron chi connectivity index (χ1n) is 9.31. The van der Waals surface area contributed by atoms with E-state index in [1.54, 1.807) is 5.38 Å². The van der Waals surface area contributed by atoms with Crippen molar-refractivity contribution in [2.75, 3.05) is 16.2 Å². The van der Waals surface area contributed by atoms with Gasteiger partial charge in [0.15, 0.2) is 11.2 Å². The first-order chi connectivity index (χ1) is 15.1. The van der Waals surface area contributed by atoms with E-state index in [-0.39, 0.29) is 28.7 Å². The molecule has 0 aliphatic carbocycles. The van der Waals surface area contributed by atoms with Crippen LogP contribution in [0.3, 0.4) is 0 Å². The molecule has 4 rings (SSSR count). The molecule has 0 bridgehead atoms. The summed E-state index contributed by atoms with van der Waals surface area (Å²) in [4.78, 5) is 18.0. The Labute approximate surface area is 185 Å². The van der Waals surface area contributed by atoms with Crippen LogP contribution in [0.4, 0.5) is 24.0 Å². The lowest BCUT2D eigenvalue weighted by molar-refractivity contribution is -0.137. The molecule has 0 spiro atoms. The van der Waals surface area contributed by atoms with E-state index in [2.05, 4.69) is 9.71 Å². The minimum absolute atomic E-state index is 0.000128. The summed E-state index contributed by atoms with van der Waals surface area (Å²) in [6.45, 7) is 0.284. The fourth-order valence-corrected chi connectivity index (χ4v) is 4.97. The van der Waals surface area contributed by atoms with Gasteiger partial charge in [0.1, 0.15) is 5.75 Å². The van der Waals surface area contributed by atoms with Crippen molar-refractivity contribution >= 4 is 38.1 Å². The highest BCUT2D eigenvalue weighted by Crippen LogP contribution is 2.32. The van der Waals surface area contributed by atoms with E-state index in [0.29, 0.717) is 5.69 Å². The molecule has 2 heterocycles. The van der Waals surface area contributed by atoms with Crippen molar-refractivity contribution in [1.82, 2.24) is 4.98 Å². The molecule has 32 heavy (non-hydrogen) atoms. The molecule has 1 fully saturated rings. The Morgan fingerprint density at radius 1 is 1.16 bits per heavy atom. The molecule has 7 nitrogen and oxygen atoms in total. The number of amides is 1. The number of nitrogens with zero attached hydrogens (tertiary/aromatic N) is 2. The van der Waals surface area contributed by atoms with E-state index in [0.717, 1.165) is 23.5 Å². The number of thiazole rings is 1. The van der Waals surface area contributed by atoms with Gasteiger partial charge in [0.2, 0.25) is 0 Å². The van der Waals surface area contributed by atoms with Crippen LogP contribution in [0.2, 0.25) is 0 Å². The van der Waals surface area contributed by atoms with Crippen molar-refractivity contribution in [3.8, 4) is 5.75 Å². The second-order valence-corrected chi connectivity index (χ2v) is 9.42. The number of benzene rings is 2. The molecule has 2 aromatic carbocycles. The Morgan fingerprint density at radius 2 is 1.91 bits per heavy atom. The van der Waals surface area contributed by atoms with Crippen molar-refractivity contribution in [2.24, 2.45) is 0 Å². The van der Waals surface area contributed by atoms with Gasteiger partial charge in [-0.1, -0.05) is 6.07 Å². The molecule has 168 valence electrons. The number of ether oxygens (including phenoxy) is 1. The topological polar surface area (TPSA) is 88.6 Å². The van der Waals surface area contributed by atoms with Crippen LogP contribution in [0, 0.1) is 0 Å². The van der Waals surface area contributed by atoms with Gasteiger partial charge in [-0.05, 0) is 42.5 Å². The van der Waals surface area contributed by atoms with Gasteiger partial charge in [-0.25, -0.2) is 13.4 Å². The normalized spacial score (nSPS) is 16.9. The summed E-state index contributed by atoms with van der Waals surface area (Å²) in [5.74, 6) is -0.464. The minimum Gasteiger partial charge on any atom is -0.481 e. The van der Waals surface area contributed by atoms with Gasteiger partial charge in [-0.15, -0.1) is 11.3 Å². The van der Waals surface area contributed by atoms with Gasteiger partial charge in [0.05, 0.1) is 10.5 Å². The number of halogens is 3. The van der Waals surface area contributed by atoms with Crippen LogP contribution >= 0.6 is 11.3 Å². The molecule has 1 aliphatic rings. The fourth-order valence-electron chi connectivity index (χ4n) is 3.18. The summed E-state index contributed by atoms with van der Waals surface area (Å²) in [7, 11) is -3.83. The SMILES string of the molecule is O=C1C(Oc2cccc(C(F)(F)F)c2)CCN1c1ccc(S(=O)(=O)Nc2nccs2)cc1. The molecule has 0 saturated carbocycles. The van der Waals surface area contributed by atoms with E-state index < -0.39 is 33.8 Å². The number of carbonyl (C=O) groups excluding carboxylic acids is 1. The zero-order chi connectivity index (χ0) is 22.9. The first-order valence-corrected chi connectivity index (χ1v) is 11.7. The summed E-state index contributed by atoms with van der Waals surface area (Å²) in [6.07, 6.45) is -3.70. The fraction of sp³-hybridized carbons (Fsp3) is 0.200. The summed E-state index contributed by atoms with van der Waals surface area (Å²) in [5.41, 5.74) is -0.404. The van der Waals surface area contributed by atoms with Crippen LogP contribution in [0.1, 0.15) is 12.0 Å². The number of rotatable bonds is 6. The van der Waals surface area contributed by atoms with Crippen LogP contribution < -0.4 is 14.4 Å². The maximum atomic E-state index is 12.9. The van der Waals surface area contributed by atoms with Crippen molar-refractivity contribution in [2.45, 2.75) is 23.6 Å². The second kappa shape index (κ2) is 8.43. The molecule has 3 aromatic rings. The second-order valence-electron chi connectivity index (χ2n) is 6.85. The molecule has 1 aliphatic heterocycles. The molecule has 1 saturated heterocycles. The van der Waals surface area contributed by atoms with E-state index >= 15 is 0 Å². The Kier molecular flexibility index (Phi) is 5.82. The Bertz CT molecular complexity index is 1210. The lowest BCUT2D eigenvalue weighted by Gasteiger charge is -2.18. The summed E-state index contributed by atoms with van der Waals surface area (Å²) >= 11 is 1.14. The zero-order valence-corrected chi connectivity index (χ0v) is 17.9. The van der Waals surface area contributed by atoms with E-state index in [1.807, 2.05) is 0 Å². The first kappa shape index (κ1) is 22.1. The third kappa shape index (κ3) is 4.70. The van der Waals surface area contributed by atoms with Gasteiger partial charge in [-0.3, -0.25) is 9.52 Å². The average molecular weight is 483 g/mol. The number of hydrogen-bond donors (Lipinski definition) is 1. The smallest absolute Gasteiger partial charge is 0.416 e. The largest absolute Gasteiger partial charge is 0.481 e. The van der Waals surface area contributed by atoms with Gasteiger partial charge in [-0.2, -0.15) is 13.2 Å². The molecule has 1 unspecified atom stereocenters. The third-order valence-corrected chi connectivity index (χ3v) is 6.88. The minimum atomic E-state index is -4.51. The standard InChI is InChI=1S/C20H16F3N3O4S2/c21-20(22,23)13-2-1-3-15(12-13)30-17-8-10-26(18(17)27)14-4-6-16(7-5-14)32(28,29)25-19-24-9-11-31-19/h1-7,9,11-12,17H,8,10H2,(H,24,25). The molecular weight excluding hydrogens is 467 g/mol. The van der Waals surface area contributed by atoms with E-state index in [9.17, 15) is 26.4 Å². The van der Waals surface area contributed by atoms with Crippen LogP contribution in [-0.4, -0.2) is 32.0 Å².